The molecule has 1 heterocycles. The molecule has 4 nitrogen and oxygen atoms in total. The Kier molecular flexibility index (Phi) is 4.62. The largest absolute Gasteiger partial charge is 0.475 e. The van der Waals surface area contributed by atoms with Crippen molar-refractivity contribution in [3.63, 3.8) is 0 Å². The van der Waals surface area contributed by atoms with Gasteiger partial charge in [-0.15, -0.1) is 0 Å². The van der Waals surface area contributed by atoms with Crippen LogP contribution in [-0.2, 0) is 6.54 Å². The number of aryl methyl sites for hydroxylation is 1. The summed E-state index contributed by atoms with van der Waals surface area (Å²) in [6.07, 6.45) is 0. The van der Waals surface area contributed by atoms with Crippen LogP contribution in [0, 0.1) is 6.92 Å². The van der Waals surface area contributed by atoms with Crippen molar-refractivity contribution in [1.29, 1.82) is 0 Å². The first kappa shape index (κ1) is 15.2. The Morgan fingerprint density at radius 3 is 2.70 bits per heavy atom. The first-order valence-electron chi connectivity index (χ1n) is 5.60. The van der Waals surface area contributed by atoms with Gasteiger partial charge in [-0.1, -0.05) is 23.2 Å². The summed E-state index contributed by atoms with van der Waals surface area (Å²) in [5.41, 5.74) is 1.41. The standard InChI is InChI=1S/C13H10BrCl2NO3/c1-6-7(4-10(20-6)13(18)19)5-17-9-3-2-8(14)11(15)12(9)16/h2-4,17H,5H2,1H3,(H,18,19). The van der Waals surface area contributed by atoms with Gasteiger partial charge in [0, 0.05) is 16.6 Å². The molecule has 0 amide bonds. The van der Waals surface area contributed by atoms with E-state index in [1.54, 1.807) is 19.1 Å². The maximum Gasteiger partial charge on any atom is 0.371 e. The number of benzene rings is 1. The third-order valence-electron chi connectivity index (χ3n) is 2.74. The zero-order valence-electron chi connectivity index (χ0n) is 10.3. The molecule has 0 radical (unpaired) electrons. The van der Waals surface area contributed by atoms with Crippen LogP contribution in [0.1, 0.15) is 21.9 Å². The van der Waals surface area contributed by atoms with Crippen LogP contribution in [0.15, 0.2) is 27.1 Å². The lowest BCUT2D eigenvalue weighted by molar-refractivity contribution is 0.0661. The summed E-state index contributed by atoms with van der Waals surface area (Å²) >= 11 is 15.4. The molecule has 0 spiro atoms. The number of hydrogen-bond donors (Lipinski definition) is 2. The second kappa shape index (κ2) is 6.08. The number of carboxylic acids is 1. The van der Waals surface area contributed by atoms with Crippen molar-refractivity contribution in [2.24, 2.45) is 0 Å². The number of carbonyl (C=O) groups is 1. The van der Waals surface area contributed by atoms with E-state index in [-0.39, 0.29) is 5.76 Å². The van der Waals surface area contributed by atoms with Crippen molar-refractivity contribution in [3.05, 3.63) is 49.8 Å². The molecule has 0 saturated carbocycles. The topological polar surface area (TPSA) is 62.5 Å². The molecule has 20 heavy (non-hydrogen) atoms. The molecular formula is C13H10BrCl2NO3. The number of rotatable bonds is 4. The van der Waals surface area contributed by atoms with Crippen LogP contribution in [0.2, 0.25) is 10.0 Å². The van der Waals surface area contributed by atoms with Crippen molar-refractivity contribution in [2.75, 3.05) is 5.32 Å². The second-order valence-electron chi connectivity index (χ2n) is 4.07. The van der Waals surface area contributed by atoms with E-state index in [4.69, 9.17) is 32.7 Å². The third kappa shape index (κ3) is 3.11. The smallest absolute Gasteiger partial charge is 0.371 e. The van der Waals surface area contributed by atoms with E-state index >= 15 is 0 Å². The number of halogens is 3. The molecular weight excluding hydrogens is 369 g/mol. The van der Waals surface area contributed by atoms with Crippen LogP contribution in [0.3, 0.4) is 0 Å². The van der Waals surface area contributed by atoms with Gasteiger partial charge < -0.3 is 14.8 Å². The summed E-state index contributed by atoms with van der Waals surface area (Å²) in [4.78, 5) is 10.8. The van der Waals surface area contributed by atoms with Gasteiger partial charge in [0.2, 0.25) is 5.76 Å². The molecule has 0 aliphatic rings. The van der Waals surface area contributed by atoms with Gasteiger partial charge >= 0.3 is 5.97 Å². The van der Waals surface area contributed by atoms with Crippen molar-refractivity contribution in [1.82, 2.24) is 0 Å². The van der Waals surface area contributed by atoms with E-state index in [9.17, 15) is 4.79 Å². The minimum atomic E-state index is -1.09. The summed E-state index contributed by atoms with van der Waals surface area (Å²) < 4.78 is 5.84. The molecule has 0 aliphatic heterocycles. The normalized spacial score (nSPS) is 10.6. The van der Waals surface area contributed by atoms with E-state index in [1.807, 2.05) is 0 Å². The van der Waals surface area contributed by atoms with Crippen molar-refractivity contribution in [2.45, 2.75) is 13.5 Å². The lowest BCUT2D eigenvalue weighted by Gasteiger charge is -2.09. The van der Waals surface area contributed by atoms with Crippen LogP contribution < -0.4 is 5.32 Å². The number of furan rings is 1. The molecule has 0 bridgehead atoms. The van der Waals surface area contributed by atoms with Crippen LogP contribution in [0.5, 0.6) is 0 Å². The van der Waals surface area contributed by atoms with Gasteiger partial charge in [-0.05, 0) is 41.1 Å². The van der Waals surface area contributed by atoms with Gasteiger partial charge in [-0.3, -0.25) is 0 Å². The Morgan fingerprint density at radius 2 is 2.10 bits per heavy atom. The first-order valence-corrected chi connectivity index (χ1v) is 7.15. The number of aromatic carboxylic acids is 1. The Balaban J connectivity index is 2.17. The second-order valence-corrected chi connectivity index (χ2v) is 5.68. The maximum absolute atomic E-state index is 10.8. The number of anilines is 1. The molecule has 1 aromatic carbocycles. The summed E-state index contributed by atoms with van der Waals surface area (Å²) in [5.74, 6) is -0.627. The van der Waals surface area contributed by atoms with E-state index in [0.717, 1.165) is 5.56 Å². The average Bonchev–Trinajstić information content (AvgIpc) is 2.77. The van der Waals surface area contributed by atoms with E-state index < -0.39 is 5.97 Å². The summed E-state index contributed by atoms with van der Waals surface area (Å²) in [5, 5.41) is 12.8. The molecule has 0 saturated heterocycles. The highest BCUT2D eigenvalue weighted by Gasteiger charge is 2.14. The molecule has 106 valence electrons. The number of carboxylic acid groups (broad SMARTS) is 1. The van der Waals surface area contributed by atoms with Crippen LogP contribution in [-0.4, -0.2) is 11.1 Å². The van der Waals surface area contributed by atoms with Gasteiger partial charge in [0.1, 0.15) is 5.76 Å². The van der Waals surface area contributed by atoms with Gasteiger partial charge in [0.25, 0.3) is 0 Å². The number of nitrogens with one attached hydrogen (secondary N) is 1. The van der Waals surface area contributed by atoms with Gasteiger partial charge in [-0.2, -0.15) is 0 Å². The molecule has 0 atom stereocenters. The average molecular weight is 379 g/mol. The molecule has 2 rings (SSSR count). The van der Waals surface area contributed by atoms with Crippen LogP contribution >= 0.6 is 39.1 Å². The summed E-state index contributed by atoms with van der Waals surface area (Å²) in [6.45, 7) is 2.10. The van der Waals surface area contributed by atoms with E-state index in [2.05, 4.69) is 21.2 Å². The Bertz CT molecular complexity index is 670. The molecule has 0 fully saturated rings. The highest BCUT2D eigenvalue weighted by Crippen LogP contribution is 2.36. The maximum atomic E-state index is 10.8. The van der Waals surface area contributed by atoms with Gasteiger partial charge in [0.15, 0.2) is 0 Å². The fourth-order valence-electron chi connectivity index (χ4n) is 1.65. The highest BCUT2D eigenvalue weighted by atomic mass is 79.9. The van der Waals surface area contributed by atoms with Crippen molar-refractivity contribution < 1.29 is 14.3 Å². The SMILES string of the molecule is Cc1oc(C(=O)O)cc1CNc1ccc(Br)c(Cl)c1Cl. The van der Waals surface area contributed by atoms with Crippen molar-refractivity contribution >= 4 is 50.8 Å². The minimum absolute atomic E-state index is 0.0840. The monoisotopic (exact) mass is 377 g/mol. The Hall–Kier alpha value is -1.17. The van der Waals surface area contributed by atoms with Gasteiger partial charge in [-0.25, -0.2) is 4.79 Å². The Morgan fingerprint density at radius 1 is 1.40 bits per heavy atom. The zero-order valence-corrected chi connectivity index (χ0v) is 13.4. The molecule has 2 N–H and O–H groups in total. The minimum Gasteiger partial charge on any atom is -0.475 e. The van der Waals surface area contributed by atoms with Gasteiger partial charge in [0.05, 0.1) is 15.7 Å². The lowest BCUT2D eigenvalue weighted by atomic mass is 10.2. The molecule has 7 heteroatoms. The quantitative estimate of drug-likeness (QED) is 0.737. The molecule has 2 aromatic rings. The fraction of sp³-hybridized carbons (Fsp3) is 0.154. The van der Waals surface area contributed by atoms with E-state index in [1.165, 1.54) is 6.07 Å². The highest BCUT2D eigenvalue weighted by molar-refractivity contribution is 9.10. The Labute approximate surface area is 133 Å². The number of hydrogen-bond acceptors (Lipinski definition) is 3. The lowest BCUT2D eigenvalue weighted by Crippen LogP contribution is -2.00. The third-order valence-corrected chi connectivity index (χ3v) is 4.51. The van der Waals surface area contributed by atoms with Crippen LogP contribution in [0.4, 0.5) is 5.69 Å². The molecule has 0 unspecified atom stereocenters. The summed E-state index contributed by atoms with van der Waals surface area (Å²) in [7, 11) is 0. The van der Waals surface area contributed by atoms with Crippen LogP contribution in [0.25, 0.3) is 0 Å². The molecule has 1 aromatic heterocycles. The molecule has 0 aliphatic carbocycles. The van der Waals surface area contributed by atoms with E-state index in [0.29, 0.717) is 32.5 Å². The fourth-order valence-corrected chi connectivity index (χ4v) is 2.49. The summed E-state index contributed by atoms with van der Waals surface area (Å²) in [6, 6.07) is 5.05. The predicted octanol–water partition coefficient (Wildman–Crippen LogP) is 4.97. The first-order chi connectivity index (χ1) is 9.40. The van der Waals surface area contributed by atoms with Crippen molar-refractivity contribution in [3.8, 4) is 0 Å². The zero-order chi connectivity index (χ0) is 14.9. The predicted molar refractivity (Wildman–Crippen MR) is 81.9 cm³/mol.